The third-order valence-corrected chi connectivity index (χ3v) is 4.13. The fourth-order valence-corrected chi connectivity index (χ4v) is 2.63. The highest BCUT2D eigenvalue weighted by Gasteiger charge is 2.18. The Labute approximate surface area is 157 Å². The lowest BCUT2D eigenvalue weighted by Gasteiger charge is -2.16. The summed E-state index contributed by atoms with van der Waals surface area (Å²) in [6, 6.07) is 15.8. The fourth-order valence-electron chi connectivity index (χ4n) is 2.51. The van der Waals surface area contributed by atoms with Crippen LogP contribution in [0.25, 0.3) is 0 Å². The number of carboxylic acids is 1. The largest absolute Gasteiger partial charge is 0.544 e. The molecule has 0 fully saturated rings. The lowest BCUT2D eigenvalue weighted by Crippen LogP contribution is -2.99. The van der Waals surface area contributed by atoms with E-state index in [1.54, 1.807) is 29.6 Å². The van der Waals surface area contributed by atoms with Gasteiger partial charge in [0.05, 0.1) is 12.4 Å². The van der Waals surface area contributed by atoms with Crippen molar-refractivity contribution in [2.75, 3.05) is 18.4 Å². The highest BCUT2D eigenvalue weighted by Crippen LogP contribution is 2.13. The fraction of sp³-hybridized carbons (Fsp3) is 0.263. The van der Waals surface area contributed by atoms with Gasteiger partial charge in [0.1, 0.15) is 25.7 Å². The summed E-state index contributed by atoms with van der Waals surface area (Å²) in [6.07, 6.45) is -0.149. The Morgan fingerprint density at radius 3 is 2.38 bits per heavy atom. The first kappa shape index (κ1) is 19.9. The van der Waals surface area contributed by atoms with Crippen LogP contribution in [-0.2, 0) is 16.1 Å². The van der Waals surface area contributed by atoms with Gasteiger partial charge in [0.15, 0.2) is 0 Å². The standard InChI is InChI=1S/C19H22ClN3O3/c20-15-6-8-16(9-7-15)23-18(24)12-17(19(25)26)22-11-10-21-13-14-4-2-1-3-5-14/h1-9,17,21-22H,10-13H2,(H,23,24)(H,25,26)/p+1/t17-/m1/s1. The Morgan fingerprint density at radius 2 is 1.73 bits per heavy atom. The van der Waals surface area contributed by atoms with Crippen molar-refractivity contribution in [2.24, 2.45) is 0 Å². The Balaban J connectivity index is 1.71. The Bertz CT molecular complexity index is 708. The summed E-state index contributed by atoms with van der Waals surface area (Å²) in [5.41, 5.74) is 1.79. The van der Waals surface area contributed by atoms with Gasteiger partial charge in [-0.1, -0.05) is 41.9 Å². The predicted molar refractivity (Wildman–Crippen MR) is 97.2 cm³/mol. The molecule has 0 spiro atoms. The highest BCUT2D eigenvalue weighted by molar-refractivity contribution is 6.30. The number of carbonyl (C=O) groups is 2. The van der Waals surface area contributed by atoms with E-state index in [2.05, 4.69) is 10.6 Å². The van der Waals surface area contributed by atoms with Crippen LogP contribution in [0.5, 0.6) is 0 Å². The molecular weight excluding hydrogens is 354 g/mol. The Morgan fingerprint density at radius 1 is 1.04 bits per heavy atom. The minimum atomic E-state index is -1.24. The maximum atomic E-state index is 12.0. The molecule has 5 N–H and O–H groups in total. The minimum absolute atomic E-state index is 0.149. The second kappa shape index (κ2) is 10.6. The van der Waals surface area contributed by atoms with Crippen LogP contribution in [-0.4, -0.2) is 31.0 Å². The first-order valence-corrected chi connectivity index (χ1v) is 8.87. The first-order chi connectivity index (χ1) is 12.5. The quantitative estimate of drug-likeness (QED) is 0.469. The van der Waals surface area contributed by atoms with Crippen LogP contribution in [0, 0.1) is 0 Å². The number of amides is 1. The number of halogens is 1. The van der Waals surface area contributed by atoms with Gasteiger partial charge in [-0.3, -0.25) is 4.79 Å². The van der Waals surface area contributed by atoms with E-state index in [0.717, 1.165) is 13.1 Å². The minimum Gasteiger partial charge on any atom is -0.544 e. The number of carbonyl (C=O) groups excluding carboxylic acids is 2. The molecular formula is C19H23ClN3O3+. The number of hydrogen-bond acceptors (Lipinski definition) is 3. The van der Waals surface area contributed by atoms with E-state index in [4.69, 9.17) is 11.6 Å². The summed E-state index contributed by atoms with van der Waals surface area (Å²) in [4.78, 5) is 23.3. The third kappa shape index (κ3) is 7.23. The van der Waals surface area contributed by atoms with Gasteiger partial charge >= 0.3 is 0 Å². The molecule has 6 nitrogen and oxygen atoms in total. The van der Waals surface area contributed by atoms with E-state index in [9.17, 15) is 14.7 Å². The molecule has 2 aromatic rings. The summed E-state index contributed by atoms with van der Waals surface area (Å²) < 4.78 is 0. The molecule has 138 valence electrons. The van der Waals surface area contributed by atoms with Crippen LogP contribution >= 0.6 is 11.6 Å². The topological polar surface area (TPSA) is 102 Å². The number of nitrogens with one attached hydrogen (secondary N) is 1. The molecule has 0 radical (unpaired) electrons. The first-order valence-electron chi connectivity index (χ1n) is 8.50. The lowest BCUT2D eigenvalue weighted by molar-refractivity contribution is -0.742. The van der Waals surface area contributed by atoms with E-state index in [0.29, 0.717) is 17.3 Å². The van der Waals surface area contributed by atoms with E-state index in [-0.39, 0.29) is 12.3 Å². The van der Waals surface area contributed by atoms with Gasteiger partial charge in [0, 0.05) is 16.3 Å². The average molecular weight is 377 g/mol. The van der Waals surface area contributed by atoms with E-state index < -0.39 is 12.0 Å². The summed E-state index contributed by atoms with van der Waals surface area (Å²) in [5, 5.41) is 18.2. The maximum Gasteiger partial charge on any atom is 0.230 e. The van der Waals surface area contributed by atoms with E-state index >= 15 is 0 Å². The summed E-state index contributed by atoms with van der Waals surface area (Å²) >= 11 is 5.79. The van der Waals surface area contributed by atoms with Gasteiger partial charge in [-0.2, -0.15) is 0 Å². The highest BCUT2D eigenvalue weighted by atomic mass is 35.5. The molecule has 0 saturated carbocycles. The van der Waals surface area contributed by atoms with Gasteiger partial charge in [-0.25, -0.2) is 0 Å². The lowest BCUT2D eigenvalue weighted by atomic mass is 10.2. The second-order valence-electron chi connectivity index (χ2n) is 5.98. The number of carboxylic acid groups (broad SMARTS) is 1. The van der Waals surface area contributed by atoms with Crippen LogP contribution in [0.1, 0.15) is 12.0 Å². The van der Waals surface area contributed by atoms with Crippen molar-refractivity contribution < 1.29 is 25.3 Å². The van der Waals surface area contributed by atoms with Gasteiger partial charge in [-0.15, -0.1) is 0 Å². The zero-order valence-electron chi connectivity index (χ0n) is 14.4. The molecule has 2 rings (SSSR count). The zero-order valence-corrected chi connectivity index (χ0v) is 15.1. The molecule has 7 heteroatoms. The normalized spacial score (nSPS) is 11.7. The molecule has 0 unspecified atom stereocenters. The number of anilines is 1. The average Bonchev–Trinajstić information content (AvgIpc) is 2.63. The SMILES string of the molecule is O=C(C[C@@H]([NH2+]CC[NH2+]Cc1ccccc1)C(=O)[O-])Nc1ccc(Cl)cc1. The molecule has 0 bridgehead atoms. The molecule has 0 aliphatic rings. The predicted octanol–water partition coefficient (Wildman–Crippen LogP) is -0.886. The number of quaternary nitrogens is 2. The summed E-state index contributed by atoms with van der Waals surface area (Å²) in [5.74, 6) is -1.61. The van der Waals surface area contributed by atoms with Gasteiger partial charge < -0.3 is 25.9 Å². The van der Waals surface area contributed by atoms with Crippen LogP contribution < -0.4 is 21.1 Å². The van der Waals surface area contributed by atoms with Crippen LogP contribution in [0.4, 0.5) is 5.69 Å². The molecule has 0 aliphatic carbocycles. The molecule has 0 aromatic heterocycles. The molecule has 2 aromatic carbocycles. The number of rotatable bonds is 10. The summed E-state index contributed by atoms with van der Waals surface area (Å²) in [7, 11) is 0. The number of aliphatic carboxylic acids is 1. The van der Waals surface area contributed by atoms with Crippen molar-refractivity contribution in [3.63, 3.8) is 0 Å². The Kier molecular flexibility index (Phi) is 8.08. The van der Waals surface area contributed by atoms with Crippen molar-refractivity contribution in [1.82, 2.24) is 0 Å². The van der Waals surface area contributed by atoms with Crippen LogP contribution in [0.2, 0.25) is 5.02 Å². The van der Waals surface area contributed by atoms with Crippen molar-refractivity contribution >= 4 is 29.2 Å². The number of benzene rings is 2. The second-order valence-corrected chi connectivity index (χ2v) is 6.41. The van der Waals surface area contributed by atoms with Crippen LogP contribution in [0.15, 0.2) is 54.6 Å². The van der Waals surface area contributed by atoms with Gasteiger partial charge in [0.25, 0.3) is 0 Å². The Hall–Kier alpha value is -2.41. The molecule has 1 amide bonds. The number of nitrogens with two attached hydrogens (primary N) is 2. The summed E-state index contributed by atoms with van der Waals surface area (Å²) in [6.45, 7) is 2.17. The van der Waals surface area contributed by atoms with Crippen LogP contribution in [0.3, 0.4) is 0 Å². The molecule has 26 heavy (non-hydrogen) atoms. The van der Waals surface area contributed by atoms with Gasteiger partial charge in [-0.05, 0) is 24.3 Å². The van der Waals surface area contributed by atoms with E-state index in [1.165, 1.54) is 5.56 Å². The molecule has 0 heterocycles. The molecule has 0 saturated heterocycles. The maximum absolute atomic E-state index is 12.0. The van der Waals surface area contributed by atoms with Crippen molar-refractivity contribution in [3.8, 4) is 0 Å². The smallest absolute Gasteiger partial charge is 0.230 e. The van der Waals surface area contributed by atoms with Crippen molar-refractivity contribution in [1.29, 1.82) is 0 Å². The third-order valence-electron chi connectivity index (χ3n) is 3.88. The van der Waals surface area contributed by atoms with E-state index in [1.807, 2.05) is 30.3 Å². The molecule has 1 atom stereocenters. The van der Waals surface area contributed by atoms with Gasteiger partial charge in [0.2, 0.25) is 5.91 Å². The van der Waals surface area contributed by atoms with Crippen molar-refractivity contribution in [3.05, 3.63) is 65.2 Å². The zero-order chi connectivity index (χ0) is 18.8. The monoisotopic (exact) mass is 376 g/mol. The van der Waals surface area contributed by atoms with Crippen molar-refractivity contribution in [2.45, 2.75) is 19.0 Å². The number of hydrogen-bond donors (Lipinski definition) is 3. The molecule has 0 aliphatic heterocycles.